The molecule has 2 aromatic carbocycles. The van der Waals surface area contributed by atoms with E-state index in [1.807, 2.05) is 30.3 Å². The second kappa shape index (κ2) is 9.42. The van der Waals surface area contributed by atoms with Gasteiger partial charge >= 0.3 is 6.03 Å². The smallest absolute Gasteiger partial charge is 0.314 e. The fourth-order valence-electron chi connectivity index (χ4n) is 2.22. The second-order valence-corrected chi connectivity index (χ2v) is 5.64. The van der Waals surface area contributed by atoms with Crippen LogP contribution in [0.3, 0.4) is 0 Å². The fraction of sp³-hybridized carbons (Fsp3) is 0.263. The van der Waals surface area contributed by atoms with Crippen molar-refractivity contribution in [2.45, 2.75) is 13.3 Å². The second-order valence-electron chi connectivity index (χ2n) is 5.64. The van der Waals surface area contributed by atoms with E-state index in [4.69, 9.17) is 0 Å². The van der Waals surface area contributed by atoms with Gasteiger partial charge in [-0.3, -0.25) is 4.79 Å². The van der Waals surface area contributed by atoms with E-state index < -0.39 is 5.82 Å². The number of carbonyl (C=O) groups is 2. The Morgan fingerprint density at radius 3 is 2.32 bits per heavy atom. The van der Waals surface area contributed by atoms with Crippen molar-refractivity contribution in [3.05, 3.63) is 71.0 Å². The molecule has 0 saturated heterocycles. The van der Waals surface area contributed by atoms with Crippen LogP contribution in [0.1, 0.15) is 21.5 Å². The molecule has 0 unspecified atom stereocenters. The first-order valence-electron chi connectivity index (χ1n) is 8.16. The summed E-state index contributed by atoms with van der Waals surface area (Å²) in [4.78, 5) is 23.5. The standard InChI is InChI=1S/C19H22FN3O2/c1-14-7-8-16(13-17(14)20)18(24)21-11-12-23-19(25)22-10-9-15-5-3-2-4-6-15/h2-8,13H,9-12H2,1H3,(H,21,24)(H2,22,23,25). The maximum absolute atomic E-state index is 13.4. The molecule has 5 nitrogen and oxygen atoms in total. The van der Waals surface area contributed by atoms with Gasteiger partial charge < -0.3 is 16.0 Å². The van der Waals surface area contributed by atoms with Gasteiger partial charge in [-0.1, -0.05) is 36.4 Å². The van der Waals surface area contributed by atoms with Crippen LogP contribution in [0, 0.1) is 12.7 Å². The molecular formula is C19H22FN3O2. The van der Waals surface area contributed by atoms with Crippen molar-refractivity contribution in [1.29, 1.82) is 0 Å². The van der Waals surface area contributed by atoms with Crippen molar-refractivity contribution < 1.29 is 14.0 Å². The highest BCUT2D eigenvalue weighted by molar-refractivity contribution is 5.94. The number of urea groups is 1. The Morgan fingerprint density at radius 2 is 1.60 bits per heavy atom. The van der Waals surface area contributed by atoms with Crippen molar-refractivity contribution in [3.63, 3.8) is 0 Å². The van der Waals surface area contributed by atoms with Crippen LogP contribution < -0.4 is 16.0 Å². The lowest BCUT2D eigenvalue weighted by Gasteiger charge is -2.09. The molecule has 132 valence electrons. The van der Waals surface area contributed by atoms with Gasteiger partial charge in [0.2, 0.25) is 0 Å². The van der Waals surface area contributed by atoms with Crippen LogP contribution in [-0.2, 0) is 6.42 Å². The number of hydrogen-bond acceptors (Lipinski definition) is 2. The molecule has 6 heteroatoms. The number of aryl methyl sites for hydroxylation is 1. The van der Waals surface area contributed by atoms with Gasteiger partial charge in [0.25, 0.3) is 5.91 Å². The van der Waals surface area contributed by atoms with Gasteiger partial charge in [-0.25, -0.2) is 9.18 Å². The van der Waals surface area contributed by atoms with Gasteiger partial charge in [0.1, 0.15) is 5.82 Å². The third kappa shape index (κ3) is 6.25. The first kappa shape index (κ1) is 18.4. The number of rotatable bonds is 7. The highest BCUT2D eigenvalue weighted by Gasteiger charge is 2.07. The number of benzene rings is 2. The summed E-state index contributed by atoms with van der Waals surface area (Å²) < 4.78 is 13.4. The molecule has 0 heterocycles. The minimum absolute atomic E-state index is 0.260. The van der Waals surface area contributed by atoms with E-state index >= 15 is 0 Å². The fourth-order valence-corrected chi connectivity index (χ4v) is 2.22. The molecule has 0 spiro atoms. The molecule has 0 atom stereocenters. The Morgan fingerprint density at radius 1 is 0.920 bits per heavy atom. The van der Waals surface area contributed by atoms with Crippen molar-refractivity contribution >= 4 is 11.9 Å². The first-order chi connectivity index (χ1) is 12.1. The molecule has 0 aliphatic heterocycles. The highest BCUT2D eigenvalue weighted by Crippen LogP contribution is 2.08. The van der Waals surface area contributed by atoms with Crippen LogP contribution in [0.2, 0.25) is 0 Å². The summed E-state index contributed by atoms with van der Waals surface area (Å²) in [7, 11) is 0. The number of amides is 3. The van der Waals surface area contributed by atoms with Gasteiger partial charge in [-0.2, -0.15) is 0 Å². The maximum atomic E-state index is 13.4. The third-order valence-corrected chi connectivity index (χ3v) is 3.67. The van der Waals surface area contributed by atoms with Crippen molar-refractivity contribution in [2.75, 3.05) is 19.6 Å². The molecule has 0 bridgehead atoms. The zero-order valence-electron chi connectivity index (χ0n) is 14.1. The summed E-state index contributed by atoms with van der Waals surface area (Å²) in [6, 6.07) is 13.9. The topological polar surface area (TPSA) is 70.2 Å². The van der Waals surface area contributed by atoms with Crippen LogP contribution in [-0.4, -0.2) is 31.6 Å². The zero-order valence-corrected chi connectivity index (χ0v) is 14.1. The van der Waals surface area contributed by atoms with Gasteiger partial charge in [0.05, 0.1) is 0 Å². The van der Waals surface area contributed by atoms with Crippen molar-refractivity contribution in [2.24, 2.45) is 0 Å². The average Bonchev–Trinajstić information content (AvgIpc) is 2.62. The predicted octanol–water partition coefficient (Wildman–Crippen LogP) is 2.41. The van der Waals surface area contributed by atoms with E-state index in [1.54, 1.807) is 19.1 Å². The molecule has 0 aliphatic rings. The van der Waals surface area contributed by atoms with E-state index in [-0.39, 0.29) is 30.6 Å². The van der Waals surface area contributed by atoms with E-state index in [0.29, 0.717) is 12.1 Å². The molecule has 3 N–H and O–H groups in total. The van der Waals surface area contributed by atoms with E-state index in [0.717, 1.165) is 12.0 Å². The molecule has 0 saturated carbocycles. The van der Waals surface area contributed by atoms with E-state index in [1.165, 1.54) is 6.07 Å². The molecule has 25 heavy (non-hydrogen) atoms. The Kier molecular flexibility index (Phi) is 6.95. The van der Waals surface area contributed by atoms with Crippen LogP contribution in [0.25, 0.3) is 0 Å². The summed E-state index contributed by atoms with van der Waals surface area (Å²) >= 11 is 0. The van der Waals surface area contributed by atoms with Crippen LogP contribution in [0.5, 0.6) is 0 Å². The molecule has 0 radical (unpaired) electrons. The van der Waals surface area contributed by atoms with Crippen LogP contribution >= 0.6 is 0 Å². The van der Waals surface area contributed by atoms with Crippen LogP contribution in [0.15, 0.2) is 48.5 Å². The molecular weight excluding hydrogens is 321 g/mol. The summed E-state index contributed by atoms with van der Waals surface area (Å²) in [5.41, 5.74) is 1.90. The summed E-state index contributed by atoms with van der Waals surface area (Å²) in [5.74, 6) is -0.784. The third-order valence-electron chi connectivity index (χ3n) is 3.67. The summed E-state index contributed by atoms with van der Waals surface area (Å²) in [6.45, 7) is 2.72. The molecule has 0 aliphatic carbocycles. The lowest BCUT2D eigenvalue weighted by Crippen LogP contribution is -2.40. The Bertz CT molecular complexity index is 720. The minimum Gasteiger partial charge on any atom is -0.350 e. The SMILES string of the molecule is Cc1ccc(C(=O)NCCNC(=O)NCCc2ccccc2)cc1F. The van der Waals surface area contributed by atoms with Gasteiger partial charge in [-0.05, 0) is 36.6 Å². The van der Waals surface area contributed by atoms with Gasteiger partial charge in [0, 0.05) is 25.2 Å². The number of nitrogens with one attached hydrogen (secondary N) is 3. The summed E-state index contributed by atoms with van der Waals surface area (Å²) in [6.07, 6.45) is 0.754. The largest absolute Gasteiger partial charge is 0.350 e. The van der Waals surface area contributed by atoms with Crippen molar-refractivity contribution in [3.8, 4) is 0 Å². The van der Waals surface area contributed by atoms with Gasteiger partial charge in [0.15, 0.2) is 0 Å². The Balaban J connectivity index is 1.61. The number of halogens is 1. The van der Waals surface area contributed by atoms with E-state index in [2.05, 4.69) is 16.0 Å². The molecule has 3 amide bonds. The van der Waals surface area contributed by atoms with Crippen LogP contribution in [0.4, 0.5) is 9.18 Å². The average molecular weight is 343 g/mol. The monoisotopic (exact) mass is 343 g/mol. The molecule has 2 rings (SSSR count). The zero-order chi connectivity index (χ0) is 18.1. The Labute approximate surface area is 146 Å². The predicted molar refractivity (Wildman–Crippen MR) is 95.0 cm³/mol. The normalized spacial score (nSPS) is 10.2. The van der Waals surface area contributed by atoms with Gasteiger partial charge in [-0.15, -0.1) is 0 Å². The quantitative estimate of drug-likeness (QED) is 0.676. The number of hydrogen-bond donors (Lipinski definition) is 3. The molecule has 0 aromatic heterocycles. The lowest BCUT2D eigenvalue weighted by molar-refractivity contribution is 0.0953. The van der Waals surface area contributed by atoms with Crippen molar-refractivity contribution in [1.82, 2.24) is 16.0 Å². The lowest BCUT2D eigenvalue weighted by atomic mass is 10.1. The number of carbonyl (C=O) groups excluding carboxylic acids is 2. The highest BCUT2D eigenvalue weighted by atomic mass is 19.1. The summed E-state index contributed by atoms with van der Waals surface area (Å²) in [5, 5.41) is 8.04. The molecule has 0 fully saturated rings. The first-order valence-corrected chi connectivity index (χ1v) is 8.16. The Hall–Kier alpha value is -2.89. The maximum Gasteiger partial charge on any atom is 0.314 e. The van der Waals surface area contributed by atoms with E-state index in [9.17, 15) is 14.0 Å². The molecule has 2 aromatic rings. The minimum atomic E-state index is -0.413.